The molecule has 0 aliphatic carbocycles. The maximum Gasteiger partial charge on any atom is 0.188 e. The normalized spacial score (nSPS) is 13.5. The van der Waals surface area contributed by atoms with Crippen molar-refractivity contribution in [2.45, 2.75) is 32.3 Å². The minimum absolute atomic E-state index is 0.254. The van der Waals surface area contributed by atoms with E-state index in [0.29, 0.717) is 0 Å². The topological polar surface area (TPSA) is 38.8 Å². The van der Waals surface area contributed by atoms with Gasteiger partial charge in [0.1, 0.15) is 5.75 Å². The van der Waals surface area contributed by atoms with Gasteiger partial charge in [-0.1, -0.05) is 25.1 Å². The number of hydrogen-bond donors (Lipinski definition) is 0. The fourth-order valence-corrected chi connectivity index (χ4v) is 2.46. The molecule has 0 spiro atoms. The summed E-state index contributed by atoms with van der Waals surface area (Å²) in [5.41, 5.74) is 2.65. The summed E-state index contributed by atoms with van der Waals surface area (Å²) in [6, 6.07) is 8.03. The summed E-state index contributed by atoms with van der Waals surface area (Å²) >= 11 is 0. The molecule has 0 saturated heterocycles. The summed E-state index contributed by atoms with van der Waals surface area (Å²) in [6.07, 6.45) is 4.29. The number of methoxy groups -OCH3 is 1. The number of rotatable bonds is 11. The van der Waals surface area contributed by atoms with Crippen molar-refractivity contribution >= 4 is 14.0 Å². The molecule has 0 saturated carbocycles. The molecule has 0 radical (unpaired) electrons. The molecule has 0 N–H and O–H groups in total. The Balaban J connectivity index is 2.47. The van der Waals surface area contributed by atoms with E-state index in [-0.39, 0.29) is 20.9 Å². The Labute approximate surface area is 141 Å². The summed E-state index contributed by atoms with van der Waals surface area (Å²) in [4.78, 5) is 2.28. The molecule has 0 bridgehead atoms. The average Bonchev–Trinajstić information content (AvgIpc) is 2.57. The minimum atomic E-state index is 0.254. The second-order valence-corrected chi connectivity index (χ2v) is 6.92. The van der Waals surface area contributed by atoms with Crippen LogP contribution in [0.2, 0.25) is 0 Å². The van der Waals surface area contributed by atoms with E-state index in [4.69, 9.17) is 9.47 Å². The van der Waals surface area contributed by atoms with Crippen molar-refractivity contribution in [3.05, 3.63) is 35.9 Å². The first-order chi connectivity index (χ1) is 11.1. The molecule has 128 valence electrons. The van der Waals surface area contributed by atoms with Crippen LogP contribution in [0.4, 0.5) is 0 Å². The molecule has 4 nitrogen and oxygen atoms in total. The SMILES string of the molecule is COCOc1cccc(/C(C)=C/CN(C)CCCC(C)P=O)c1. The molecule has 1 rings (SSSR count). The van der Waals surface area contributed by atoms with Gasteiger partial charge >= 0.3 is 0 Å². The zero-order chi connectivity index (χ0) is 17.1. The van der Waals surface area contributed by atoms with Crippen LogP contribution in [0, 0.1) is 0 Å². The van der Waals surface area contributed by atoms with E-state index in [0.717, 1.165) is 37.2 Å². The third-order valence-electron chi connectivity index (χ3n) is 3.68. The van der Waals surface area contributed by atoms with Crippen LogP contribution in [0.25, 0.3) is 5.57 Å². The third-order valence-corrected chi connectivity index (χ3v) is 4.30. The lowest BCUT2D eigenvalue weighted by atomic mass is 10.1. The van der Waals surface area contributed by atoms with Crippen molar-refractivity contribution in [3.63, 3.8) is 0 Å². The number of benzene rings is 1. The molecule has 0 aliphatic heterocycles. The van der Waals surface area contributed by atoms with E-state index in [2.05, 4.69) is 31.0 Å². The molecule has 1 atom stereocenters. The maximum atomic E-state index is 10.7. The zero-order valence-electron chi connectivity index (χ0n) is 14.6. The molecule has 0 aromatic heterocycles. The zero-order valence-corrected chi connectivity index (χ0v) is 15.5. The highest BCUT2D eigenvalue weighted by molar-refractivity contribution is 7.24. The molecular formula is C18H28NO3P. The van der Waals surface area contributed by atoms with Crippen molar-refractivity contribution in [1.82, 2.24) is 4.90 Å². The fourth-order valence-electron chi connectivity index (χ4n) is 2.17. The van der Waals surface area contributed by atoms with Crippen LogP contribution in [0.15, 0.2) is 30.3 Å². The molecule has 23 heavy (non-hydrogen) atoms. The van der Waals surface area contributed by atoms with Crippen LogP contribution in [0.3, 0.4) is 0 Å². The Morgan fingerprint density at radius 3 is 2.91 bits per heavy atom. The number of nitrogens with zero attached hydrogens (tertiary/aromatic N) is 1. The number of allylic oxidation sites excluding steroid dienone is 1. The summed E-state index contributed by atoms with van der Waals surface area (Å²) in [5, 5.41) is 0. The van der Waals surface area contributed by atoms with Crippen molar-refractivity contribution < 1.29 is 14.0 Å². The molecule has 5 heteroatoms. The van der Waals surface area contributed by atoms with Gasteiger partial charge in [0.15, 0.2) is 15.3 Å². The second-order valence-electron chi connectivity index (χ2n) is 5.82. The molecule has 0 aliphatic rings. The summed E-state index contributed by atoms with van der Waals surface area (Å²) in [5.74, 6) is 0.816. The Hall–Kier alpha value is -1.22. The van der Waals surface area contributed by atoms with Crippen LogP contribution in [0.1, 0.15) is 32.3 Å². The van der Waals surface area contributed by atoms with Gasteiger partial charge in [0.2, 0.25) is 0 Å². The smallest absolute Gasteiger partial charge is 0.188 e. The first kappa shape index (κ1) is 19.8. The molecule has 0 heterocycles. The molecular weight excluding hydrogens is 309 g/mol. The van der Waals surface area contributed by atoms with Gasteiger partial charge in [-0.15, -0.1) is 0 Å². The molecule has 1 aromatic rings. The van der Waals surface area contributed by atoms with Gasteiger partial charge in [0, 0.05) is 19.3 Å². The van der Waals surface area contributed by atoms with Crippen LogP contribution in [-0.4, -0.2) is 44.6 Å². The predicted octanol–water partition coefficient (Wildman–Crippen LogP) is 4.46. The standard InChI is InChI=1S/C18H28NO3P/c1-15(10-12-19(3)11-6-7-16(2)23-20)17-8-5-9-18(13-17)22-14-21-4/h5,8-10,13,16H,6-7,11-12,14H2,1-4H3/b15-10+. The van der Waals surface area contributed by atoms with Crippen molar-refractivity contribution in [2.75, 3.05) is 34.0 Å². The highest BCUT2D eigenvalue weighted by atomic mass is 31.1. The first-order valence-electron chi connectivity index (χ1n) is 7.96. The van der Waals surface area contributed by atoms with E-state index in [1.54, 1.807) is 7.11 Å². The lowest BCUT2D eigenvalue weighted by Gasteiger charge is -2.15. The van der Waals surface area contributed by atoms with Gasteiger partial charge in [-0.2, -0.15) is 0 Å². The average molecular weight is 337 g/mol. The lowest BCUT2D eigenvalue weighted by molar-refractivity contribution is 0.0511. The Kier molecular flexibility index (Phi) is 9.77. The Morgan fingerprint density at radius 1 is 1.43 bits per heavy atom. The molecule has 0 fully saturated rings. The molecule has 1 unspecified atom stereocenters. The van der Waals surface area contributed by atoms with Gasteiger partial charge in [-0.3, -0.25) is 4.57 Å². The molecule has 1 aromatic carbocycles. The van der Waals surface area contributed by atoms with Crippen molar-refractivity contribution in [3.8, 4) is 5.75 Å². The van der Waals surface area contributed by atoms with Gasteiger partial charge in [-0.05, 0) is 56.6 Å². The largest absolute Gasteiger partial charge is 0.468 e. The quantitative estimate of drug-likeness (QED) is 0.441. The monoisotopic (exact) mass is 337 g/mol. The number of ether oxygens (including phenoxy) is 2. The summed E-state index contributed by atoms with van der Waals surface area (Å²) in [6.45, 7) is 6.30. The second kappa shape index (κ2) is 11.3. The van der Waals surface area contributed by atoms with E-state index in [9.17, 15) is 4.57 Å². The van der Waals surface area contributed by atoms with E-state index >= 15 is 0 Å². The summed E-state index contributed by atoms with van der Waals surface area (Å²) < 4.78 is 21.1. The molecule has 0 amide bonds. The van der Waals surface area contributed by atoms with Crippen LogP contribution < -0.4 is 4.74 Å². The van der Waals surface area contributed by atoms with E-state index in [1.165, 1.54) is 5.57 Å². The predicted molar refractivity (Wildman–Crippen MR) is 96.4 cm³/mol. The van der Waals surface area contributed by atoms with E-state index < -0.39 is 0 Å². The highest BCUT2D eigenvalue weighted by Gasteiger charge is 2.03. The van der Waals surface area contributed by atoms with Crippen LogP contribution in [0.5, 0.6) is 5.75 Å². The number of hydrogen-bond acceptors (Lipinski definition) is 4. The van der Waals surface area contributed by atoms with Gasteiger partial charge in [0.05, 0.1) is 0 Å². The van der Waals surface area contributed by atoms with Gasteiger partial charge < -0.3 is 14.4 Å². The fraction of sp³-hybridized carbons (Fsp3) is 0.556. The van der Waals surface area contributed by atoms with Gasteiger partial charge in [-0.25, -0.2) is 0 Å². The van der Waals surface area contributed by atoms with Gasteiger partial charge in [0.25, 0.3) is 0 Å². The first-order valence-corrected chi connectivity index (χ1v) is 8.85. The lowest BCUT2D eigenvalue weighted by Crippen LogP contribution is -2.20. The number of likely N-dealkylation sites (N-methyl/N-ethyl adjacent to an activating group) is 1. The summed E-state index contributed by atoms with van der Waals surface area (Å²) in [7, 11) is 3.98. The van der Waals surface area contributed by atoms with Crippen molar-refractivity contribution in [1.29, 1.82) is 0 Å². The highest BCUT2D eigenvalue weighted by Crippen LogP contribution is 2.20. The Morgan fingerprint density at radius 2 is 2.22 bits per heavy atom. The van der Waals surface area contributed by atoms with E-state index in [1.807, 2.05) is 25.1 Å². The maximum absolute atomic E-state index is 10.7. The Bertz CT molecular complexity index is 505. The minimum Gasteiger partial charge on any atom is -0.468 e. The van der Waals surface area contributed by atoms with Crippen LogP contribution in [-0.2, 0) is 9.30 Å². The third kappa shape index (κ3) is 8.26. The van der Waals surface area contributed by atoms with Crippen molar-refractivity contribution in [2.24, 2.45) is 0 Å². The van der Waals surface area contributed by atoms with Crippen LogP contribution >= 0.6 is 8.46 Å².